The van der Waals surface area contributed by atoms with Gasteiger partial charge in [0.2, 0.25) is 21.8 Å². The largest absolute Gasteiger partial charge is 0.497 e. The average molecular weight is 670 g/mol. The molecular formula is C35H44ClN3O6S. The van der Waals surface area contributed by atoms with Crippen LogP contribution in [0.15, 0.2) is 60.7 Å². The summed E-state index contributed by atoms with van der Waals surface area (Å²) < 4.78 is 38.6. The summed E-state index contributed by atoms with van der Waals surface area (Å²) in [5.74, 6) is 0.694. The number of ether oxygens (including phenoxy) is 2. The summed E-state index contributed by atoms with van der Waals surface area (Å²) >= 11 is 6.10. The van der Waals surface area contributed by atoms with Gasteiger partial charge < -0.3 is 19.3 Å². The number of sulfonamides is 1. The first-order chi connectivity index (χ1) is 21.7. The van der Waals surface area contributed by atoms with Gasteiger partial charge >= 0.3 is 0 Å². The lowest BCUT2D eigenvalue weighted by atomic mass is 9.84. The predicted octanol–water partition coefficient (Wildman–Crippen LogP) is 5.39. The second-order valence-electron chi connectivity index (χ2n) is 12.2. The number of carbonyl (C=O) groups excluding carboxylic acids is 2. The summed E-state index contributed by atoms with van der Waals surface area (Å²) in [4.78, 5) is 30.9. The number of hydrogen-bond acceptors (Lipinski definition) is 6. The molecule has 9 nitrogen and oxygen atoms in total. The first-order valence-corrected chi connectivity index (χ1v) is 17.3. The lowest BCUT2D eigenvalue weighted by molar-refractivity contribution is -0.164. The van der Waals surface area contributed by atoms with E-state index in [2.05, 4.69) is 6.07 Å². The first kappa shape index (κ1) is 35.3. The van der Waals surface area contributed by atoms with Crippen LogP contribution >= 0.6 is 11.6 Å². The number of rotatable bonds is 14. The number of hydrogen-bond donors (Lipinski definition) is 0. The minimum atomic E-state index is -3.67. The fourth-order valence-electron chi connectivity index (χ4n) is 5.94. The Kier molecular flexibility index (Phi) is 11.4. The highest BCUT2D eigenvalue weighted by atomic mass is 35.5. The molecule has 46 heavy (non-hydrogen) atoms. The highest BCUT2D eigenvalue weighted by Gasteiger charge is 2.50. The molecule has 248 valence electrons. The smallest absolute Gasteiger partial charge is 0.248 e. The number of carbonyl (C=O) groups is 2. The molecule has 0 N–H and O–H groups in total. The van der Waals surface area contributed by atoms with Crippen molar-refractivity contribution in [1.82, 2.24) is 14.1 Å². The normalized spacial score (nSPS) is 16.2. The van der Waals surface area contributed by atoms with Crippen molar-refractivity contribution in [2.45, 2.75) is 58.7 Å². The maximum atomic E-state index is 14.2. The predicted molar refractivity (Wildman–Crippen MR) is 181 cm³/mol. The number of methoxy groups -OCH3 is 2. The van der Waals surface area contributed by atoms with Crippen LogP contribution in [0.25, 0.3) is 0 Å². The van der Waals surface area contributed by atoms with Crippen LogP contribution in [-0.4, -0.2) is 80.0 Å². The zero-order chi connectivity index (χ0) is 33.6. The maximum absolute atomic E-state index is 14.2. The SMILES string of the molecule is COc1ccc(CN(C)S(=O)(=O)CCCN(Cc2ccc(Cl)cc2)C(=O)C2(C)CCN2C(=O)Cc2cc(C)cc(C)c2)c(OC)c1. The molecule has 4 rings (SSSR count). The Hall–Kier alpha value is -3.60. The molecule has 1 saturated heterocycles. The van der Waals surface area contributed by atoms with Gasteiger partial charge in [-0.2, -0.15) is 0 Å². The summed E-state index contributed by atoms with van der Waals surface area (Å²) in [5, 5.41) is 0.582. The summed E-state index contributed by atoms with van der Waals surface area (Å²) in [5.41, 5.74) is 3.65. The third kappa shape index (κ3) is 8.40. The summed E-state index contributed by atoms with van der Waals surface area (Å²) in [6, 6.07) is 18.5. The van der Waals surface area contributed by atoms with Gasteiger partial charge in [0.05, 0.1) is 26.4 Å². The van der Waals surface area contributed by atoms with E-state index in [0.717, 1.165) is 22.3 Å². The van der Waals surface area contributed by atoms with E-state index in [9.17, 15) is 18.0 Å². The van der Waals surface area contributed by atoms with Crippen molar-refractivity contribution in [3.63, 3.8) is 0 Å². The highest BCUT2D eigenvalue weighted by Crippen LogP contribution is 2.34. The van der Waals surface area contributed by atoms with Crippen molar-refractivity contribution >= 4 is 33.4 Å². The minimum absolute atomic E-state index is 0.100. The Morgan fingerprint density at radius 2 is 1.61 bits per heavy atom. The molecule has 3 aromatic rings. The number of nitrogens with zero attached hydrogens (tertiary/aromatic N) is 3. The standard InChI is InChI=1S/C35H44ClN3O6S/c1-25-18-26(2)20-28(19-25)21-33(40)39-16-14-35(39,3)34(41)38(23-27-8-11-30(36)12-9-27)15-7-17-46(42,43)37(4)24-29-10-13-31(44-5)22-32(29)45-6/h8-13,18-20,22H,7,14-17,21,23-24H2,1-6H3. The van der Waals surface area contributed by atoms with Crippen LogP contribution in [0.2, 0.25) is 5.02 Å². The molecule has 1 unspecified atom stereocenters. The van der Waals surface area contributed by atoms with Gasteiger partial charge in [-0.05, 0) is 62.9 Å². The van der Waals surface area contributed by atoms with E-state index in [1.807, 2.05) is 38.1 Å². The van der Waals surface area contributed by atoms with Gasteiger partial charge in [-0.25, -0.2) is 12.7 Å². The first-order valence-electron chi connectivity index (χ1n) is 15.3. The third-order valence-corrected chi connectivity index (χ3v) is 10.7. The van der Waals surface area contributed by atoms with Gasteiger partial charge in [-0.3, -0.25) is 9.59 Å². The molecule has 0 bridgehead atoms. The molecular weight excluding hydrogens is 626 g/mol. The lowest BCUT2D eigenvalue weighted by Gasteiger charge is -2.51. The van der Waals surface area contributed by atoms with Crippen molar-refractivity contribution in [3.05, 3.63) is 93.5 Å². The molecule has 1 aliphatic heterocycles. The van der Waals surface area contributed by atoms with Gasteiger partial charge in [0.15, 0.2) is 0 Å². The van der Waals surface area contributed by atoms with E-state index in [1.54, 1.807) is 54.2 Å². The third-order valence-electron chi connectivity index (χ3n) is 8.58. The van der Waals surface area contributed by atoms with Gasteiger partial charge in [0.25, 0.3) is 0 Å². The van der Waals surface area contributed by atoms with E-state index in [4.69, 9.17) is 21.1 Å². The quantitative estimate of drug-likeness (QED) is 0.229. The summed E-state index contributed by atoms with van der Waals surface area (Å²) in [6.07, 6.45) is 0.969. The zero-order valence-electron chi connectivity index (χ0n) is 27.5. The van der Waals surface area contributed by atoms with Crippen molar-refractivity contribution in [2.75, 3.05) is 40.1 Å². The Morgan fingerprint density at radius 1 is 0.935 bits per heavy atom. The molecule has 0 aliphatic carbocycles. The van der Waals surface area contributed by atoms with Crippen molar-refractivity contribution in [2.24, 2.45) is 0 Å². The Bertz CT molecular complexity index is 1640. The monoisotopic (exact) mass is 669 g/mol. The Balaban J connectivity index is 1.46. The van der Waals surface area contributed by atoms with E-state index in [0.29, 0.717) is 35.1 Å². The van der Waals surface area contributed by atoms with Crippen LogP contribution in [-0.2, 0) is 39.1 Å². The van der Waals surface area contributed by atoms with Gasteiger partial charge in [-0.1, -0.05) is 59.1 Å². The number of amides is 2. The van der Waals surface area contributed by atoms with Crippen molar-refractivity contribution in [3.8, 4) is 11.5 Å². The van der Waals surface area contributed by atoms with Crippen LogP contribution in [0.3, 0.4) is 0 Å². The topological polar surface area (TPSA) is 96.5 Å². The lowest BCUT2D eigenvalue weighted by Crippen LogP contribution is -2.68. The maximum Gasteiger partial charge on any atom is 0.248 e. The fraction of sp³-hybridized carbons (Fsp3) is 0.429. The van der Waals surface area contributed by atoms with Gasteiger partial charge in [0.1, 0.15) is 17.0 Å². The molecule has 0 aromatic heterocycles. The van der Waals surface area contributed by atoms with E-state index in [-0.39, 0.29) is 50.0 Å². The Labute approximate surface area is 278 Å². The molecule has 1 aliphatic rings. The minimum Gasteiger partial charge on any atom is -0.497 e. The molecule has 1 heterocycles. The summed E-state index contributed by atoms with van der Waals surface area (Å²) in [6.45, 7) is 6.90. The van der Waals surface area contributed by atoms with Crippen LogP contribution in [0.4, 0.5) is 0 Å². The second-order valence-corrected chi connectivity index (χ2v) is 14.8. The van der Waals surface area contributed by atoms with Crippen molar-refractivity contribution in [1.29, 1.82) is 0 Å². The van der Waals surface area contributed by atoms with Crippen molar-refractivity contribution < 1.29 is 27.5 Å². The molecule has 2 amide bonds. The number of aryl methyl sites for hydroxylation is 2. The van der Waals surface area contributed by atoms with Crippen LogP contribution < -0.4 is 9.47 Å². The van der Waals surface area contributed by atoms with Crippen LogP contribution in [0.1, 0.15) is 47.6 Å². The number of halogens is 1. The van der Waals surface area contributed by atoms with Gasteiger partial charge in [-0.15, -0.1) is 0 Å². The zero-order valence-corrected chi connectivity index (χ0v) is 29.1. The molecule has 1 fully saturated rings. The molecule has 11 heteroatoms. The average Bonchev–Trinajstić information content (AvgIpc) is 2.99. The number of benzene rings is 3. The van der Waals surface area contributed by atoms with E-state index < -0.39 is 15.6 Å². The molecule has 0 saturated carbocycles. The Morgan fingerprint density at radius 3 is 2.20 bits per heavy atom. The van der Waals surface area contributed by atoms with Crippen LogP contribution in [0, 0.1) is 13.8 Å². The molecule has 1 atom stereocenters. The van der Waals surface area contributed by atoms with E-state index >= 15 is 0 Å². The summed E-state index contributed by atoms with van der Waals surface area (Å²) in [7, 11) is 0.949. The van der Waals surface area contributed by atoms with Gasteiger partial charge in [0, 0.05) is 49.9 Å². The molecule has 0 radical (unpaired) electrons. The molecule has 3 aromatic carbocycles. The van der Waals surface area contributed by atoms with E-state index in [1.165, 1.54) is 18.5 Å². The highest BCUT2D eigenvalue weighted by molar-refractivity contribution is 7.89. The molecule has 0 spiro atoms. The fourth-order valence-corrected chi connectivity index (χ4v) is 7.21. The number of likely N-dealkylation sites (tertiary alicyclic amines) is 1. The second kappa shape index (κ2) is 14.9. The van der Waals surface area contributed by atoms with Crippen LogP contribution in [0.5, 0.6) is 11.5 Å².